The molecule has 2 rings (SSSR count). The fourth-order valence-corrected chi connectivity index (χ4v) is 2.96. The molecule has 2 N–H and O–H groups in total. The van der Waals surface area contributed by atoms with E-state index in [1.54, 1.807) is 0 Å². The fourth-order valence-electron chi connectivity index (χ4n) is 2.96. The van der Waals surface area contributed by atoms with Gasteiger partial charge in [-0.05, 0) is 57.7 Å². The minimum atomic E-state index is 0.441. The van der Waals surface area contributed by atoms with Crippen LogP contribution in [0.5, 0.6) is 0 Å². The van der Waals surface area contributed by atoms with Gasteiger partial charge in [-0.15, -0.1) is 0 Å². The molecular formula is C16H26N2. The van der Waals surface area contributed by atoms with Gasteiger partial charge in [-0.2, -0.15) is 0 Å². The van der Waals surface area contributed by atoms with Crippen LogP contribution in [0.25, 0.3) is 0 Å². The summed E-state index contributed by atoms with van der Waals surface area (Å²) in [5, 5.41) is 0. The molecule has 100 valence electrons. The zero-order valence-electron chi connectivity index (χ0n) is 11.9. The minimum absolute atomic E-state index is 0.441. The molecule has 0 saturated heterocycles. The molecule has 2 heteroatoms. The molecule has 0 radical (unpaired) electrons. The summed E-state index contributed by atoms with van der Waals surface area (Å²) in [6.07, 6.45) is 4.87. The largest absolute Gasteiger partial charge is 0.328 e. The van der Waals surface area contributed by atoms with Crippen molar-refractivity contribution in [2.75, 3.05) is 7.05 Å². The summed E-state index contributed by atoms with van der Waals surface area (Å²) in [5.74, 6) is 0. The van der Waals surface area contributed by atoms with E-state index in [4.69, 9.17) is 5.73 Å². The van der Waals surface area contributed by atoms with Crippen LogP contribution in [0.3, 0.4) is 0 Å². The van der Waals surface area contributed by atoms with Gasteiger partial charge in [0.1, 0.15) is 0 Å². The monoisotopic (exact) mass is 246 g/mol. The van der Waals surface area contributed by atoms with Crippen molar-refractivity contribution in [3.63, 3.8) is 0 Å². The molecule has 1 aromatic rings. The molecule has 0 amide bonds. The second kappa shape index (κ2) is 5.85. The van der Waals surface area contributed by atoms with Gasteiger partial charge in [0, 0.05) is 18.6 Å². The zero-order chi connectivity index (χ0) is 13.1. The Morgan fingerprint density at radius 2 is 1.83 bits per heavy atom. The van der Waals surface area contributed by atoms with E-state index in [2.05, 4.69) is 44.0 Å². The average Bonchev–Trinajstić information content (AvgIpc) is 2.33. The van der Waals surface area contributed by atoms with Gasteiger partial charge in [-0.25, -0.2) is 0 Å². The second-order valence-corrected chi connectivity index (χ2v) is 5.91. The van der Waals surface area contributed by atoms with E-state index in [-0.39, 0.29) is 0 Å². The lowest BCUT2D eigenvalue weighted by Gasteiger charge is -2.33. The van der Waals surface area contributed by atoms with Gasteiger partial charge >= 0.3 is 0 Å². The number of hydrogen-bond donors (Lipinski definition) is 1. The van der Waals surface area contributed by atoms with Gasteiger partial charge < -0.3 is 5.73 Å². The number of nitrogens with two attached hydrogens (primary N) is 1. The Morgan fingerprint density at radius 3 is 2.44 bits per heavy atom. The maximum atomic E-state index is 5.97. The third-order valence-corrected chi connectivity index (χ3v) is 4.28. The highest BCUT2D eigenvalue weighted by molar-refractivity contribution is 5.30. The van der Waals surface area contributed by atoms with Crippen LogP contribution in [0.4, 0.5) is 0 Å². The van der Waals surface area contributed by atoms with E-state index in [9.17, 15) is 0 Å². The third-order valence-electron chi connectivity index (χ3n) is 4.28. The quantitative estimate of drug-likeness (QED) is 0.888. The third kappa shape index (κ3) is 3.33. The molecule has 1 aliphatic rings. The molecule has 0 aliphatic heterocycles. The lowest BCUT2D eigenvalue weighted by Crippen LogP contribution is -2.38. The van der Waals surface area contributed by atoms with E-state index in [1.807, 2.05) is 0 Å². The maximum Gasteiger partial charge on any atom is 0.0236 e. The van der Waals surface area contributed by atoms with E-state index in [1.165, 1.54) is 42.4 Å². The van der Waals surface area contributed by atoms with E-state index >= 15 is 0 Å². The number of benzene rings is 1. The van der Waals surface area contributed by atoms with E-state index in [0.29, 0.717) is 12.1 Å². The summed E-state index contributed by atoms with van der Waals surface area (Å²) in [6.45, 7) is 5.43. The predicted molar refractivity (Wildman–Crippen MR) is 77.6 cm³/mol. The van der Waals surface area contributed by atoms with E-state index < -0.39 is 0 Å². The molecule has 18 heavy (non-hydrogen) atoms. The van der Waals surface area contributed by atoms with Crippen molar-refractivity contribution in [2.24, 2.45) is 5.73 Å². The summed E-state index contributed by atoms with van der Waals surface area (Å²) in [6, 6.07) is 7.92. The summed E-state index contributed by atoms with van der Waals surface area (Å²) >= 11 is 0. The van der Waals surface area contributed by atoms with Crippen molar-refractivity contribution < 1.29 is 0 Å². The average molecular weight is 246 g/mol. The van der Waals surface area contributed by atoms with Gasteiger partial charge in [0.2, 0.25) is 0 Å². The van der Waals surface area contributed by atoms with Gasteiger partial charge in [0.05, 0.1) is 0 Å². The lowest BCUT2D eigenvalue weighted by molar-refractivity contribution is 0.176. The minimum Gasteiger partial charge on any atom is -0.328 e. The van der Waals surface area contributed by atoms with Crippen LogP contribution in [-0.2, 0) is 6.54 Å². The van der Waals surface area contributed by atoms with Crippen LogP contribution in [0.2, 0.25) is 0 Å². The first-order chi connectivity index (χ1) is 8.56. The standard InChI is InChI=1S/C16H26N2/c1-12-4-5-14(13(2)10-12)11-18(3)16-8-6-15(17)7-9-16/h4-5,10,15-16H,6-9,11,17H2,1-3H3. The molecule has 1 aromatic carbocycles. The molecule has 0 bridgehead atoms. The van der Waals surface area contributed by atoms with Crippen molar-refractivity contribution in [1.82, 2.24) is 4.90 Å². The molecule has 0 spiro atoms. The molecular weight excluding hydrogens is 220 g/mol. The Hall–Kier alpha value is -0.860. The van der Waals surface area contributed by atoms with Crippen LogP contribution in [0.15, 0.2) is 18.2 Å². The molecule has 0 unspecified atom stereocenters. The first-order valence-electron chi connectivity index (χ1n) is 7.08. The Bertz CT molecular complexity index is 392. The van der Waals surface area contributed by atoms with Crippen LogP contribution in [-0.4, -0.2) is 24.0 Å². The van der Waals surface area contributed by atoms with Crippen molar-refractivity contribution in [3.05, 3.63) is 34.9 Å². The second-order valence-electron chi connectivity index (χ2n) is 5.91. The highest BCUT2D eigenvalue weighted by Crippen LogP contribution is 2.23. The number of hydrogen-bond acceptors (Lipinski definition) is 2. The van der Waals surface area contributed by atoms with Crippen molar-refractivity contribution in [1.29, 1.82) is 0 Å². The molecule has 1 fully saturated rings. The topological polar surface area (TPSA) is 29.3 Å². The van der Waals surface area contributed by atoms with Crippen molar-refractivity contribution in [3.8, 4) is 0 Å². The van der Waals surface area contributed by atoms with Crippen LogP contribution in [0.1, 0.15) is 42.4 Å². The molecule has 2 nitrogen and oxygen atoms in total. The smallest absolute Gasteiger partial charge is 0.0236 e. The summed E-state index contributed by atoms with van der Waals surface area (Å²) in [7, 11) is 2.25. The number of nitrogens with zero attached hydrogens (tertiary/aromatic N) is 1. The summed E-state index contributed by atoms with van der Waals surface area (Å²) in [5.41, 5.74) is 10.2. The Balaban J connectivity index is 1.96. The van der Waals surface area contributed by atoms with Crippen molar-refractivity contribution in [2.45, 2.75) is 58.2 Å². The molecule has 1 aliphatic carbocycles. The molecule has 0 aromatic heterocycles. The Labute approximate surface area is 111 Å². The number of aryl methyl sites for hydroxylation is 2. The summed E-state index contributed by atoms with van der Waals surface area (Å²) in [4.78, 5) is 2.50. The van der Waals surface area contributed by atoms with Crippen LogP contribution < -0.4 is 5.73 Å². The molecule has 1 saturated carbocycles. The maximum absolute atomic E-state index is 5.97. The zero-order valence-corrected chi connectivity index (χ0v) is 11.9. The van der Waals surface area contributed by atoms with Gasteiger partial charge in [-0.3, -0.25) is 4.90 Å². The predicted octanol–water partition coefficient (Wildman–Crippen LogP) is 3.01. The first-order valence-corrected chi connectivity index (χ1v) is 7.08. The Morgan fingerprint density at radius 1 is 1.17 bits per heavy atom. The summed E-state index contributed by atoms with van der Waals surface area (Å²) < 4.78 is 0. The fraction of sp³-hybridized carbons (Fsp3) is 0.625. The molecule has 0 atom stereocenters. The Kier molecular flexibility index (Phi) is 4.41. The van der Waals surface area contributed by atoms with Gasteiger partial charge in [0.25, 0.3) is 0 Å². The van der Waals surface area contributed by atoms with Crippen molar-refractivity contribution >= 4 is 0 Å². The molecule has 0 heterocycles. The normalized spacial score (nSPS) is 24.5. The van der Waals surface area contributed by atoms with Gasteiger partial charge in [0.15, 0.2) is 0 Å². The van der Waals surface area contributed by atoms with Crippen LogP contribution >= 0.6 is 0 Å². The highest BCUT2D eigenvalue weighted by atomic mass is 15.1. The SMILES string of the molecule is Cc1ccc(CN(C)C2CCC(N)CC2)c(C)c1. The van der Waals surface area contributed by atoms with E-state index in [0.717, 1.165) is 6.54 Å². The van der Waals surface area contributed by atoms with Gasteiger partial charge in [-0.1, -0.05) is 23.8 Å². The highest BCUT2D eigenvalue weighted by Gasteiger charge is 2.22. The first kappa shape index (κ1) is 13.6. The van der Waals surface area contributed by atoms with Crippen LogP contribution in [0, 0.1) is 13.8 Å². The lowest BCUT2D eigenvalue weighted by atomic mass is 9.90. The number of rotatable bonds is 3.